The minimum absolute atomic E-state index is 0.127. The van der Waals surface area contributed by atoms with Gasteiger partial charge in [-0.15, -0.1) is 0 Å². The predicted molar refractivity (Wildman–Crippen MR) is 57.7 cm³/mol. The average Bonchev–Trinajstić information content (AvgIpc) is 2.09. The van der Waals surface area contributed by atoms with Crippen LogP contribution in [0.4, 0.5) is 0 Å². The number of ether oxygens (including phenoxy) is 1. The van der Waals surface area contributed by atoms with E-state index in [1.807, 2.05) is 14.1 Å². The lowest BCUT2D eigenvalue weighted by Crippen LogP contribution is -2.29. The molecule has 0 aliphatic carbocycles. The average molecular weight is 216 g/mol. The molecule has 0 aromatic rings. The summed E-state index contributed by atoms with van der Waals surface area (Å²) in [6, 6.07) is 0. The maximum absolute atomic E-state index is 10.9. The highest BCUT2D eigenvalue weighted by Crippen LogP contribution is 1.86. The summed E-state index contributed by atoms with van der Waals surface area (Å²) in [6.45, 7) is 4.12. The molecule has 0 spiro atoms. The van der Waals surface area contributed by atoms with Gasteiger partial charge in [0.1, 0.15) is 18.8 Å². The molecule has 5 heteroatoms. The number of Topliss-reactive ketones (excluding diaryl/α,β-unsaturated/α-hetero) is 1. The van der Waals surface area contributed by atoms with Crippen LogP contribution in [0.1, 0.15) is 13.3 Å². The number of likely N-dealkylation sites (N-methyl/N-ethyl adjacent to an activating group) is 1. The van der Waals surface area contributed by atoms with Gasteiger partial charge in [0.2, 0.25) is 0 Å². The van der Waals surface area contributed by atoms with Gasteiger partial charge < -0.3 is 15.0 Å². The Kier molecular flexibility index (Phi) is 7.85. The van der Waals surface area contributed by atoms with Crippen LogP contribution in [-0.4, -0.2) is 57.0 Å². The Morgan fingerprint density at radius 1 is 1.27 bits per heavy atom. The van der Waals surface area contributed by atoms with E-state index in [4.69, 9.17) is 4.74 Å². The van der Waals surface area contributed by atoms with Crippen LogP contribution in [-0.2, 0) is 14.3 Å². The summed E-state index contributed by atoms with van der Waals surface area (Å²) in [5, 5.41) is 3.12. The summed E-state index contributed by atoms with van der Waals surface area (Å²) in [4.78, 5) is 23.5. The minimum atomic E-state index is -0.447. The van der Waals surface area contributed by atoms with Crippen molar-refractivity contribution < 1.29 is 14.3 Å². The van der Waals surface area contributed by atoms with E-state index in [9.17, 15) is 9.59 Å². The molecule has 0 aliphatic heterocycles. The fourth-order valence-electron chi connectivity index (χ4n) is 0.919. The molecule has 88 valence electrons. The van der Waals surface area contributed by atoms with Gasteiger partial charge in [0, 0.05) is 19.6 Å². The minimum Gasteiger partial charge on any atom is -0.464 e. The fraction of sp³-hybridized carbons (Fsp3) is 0.800. The summed E-state index contributed by atoms with van der Waals surface area (Å²) >= 11 is 0. The van der Waals surface area contributed by atoms with Crippen LogP contribution in [0.5, 0.6) is 0 Å². The molecule has 0 heterocycles. The predicted octanol–water partition coefficient (Wildman–Crippen LogP) is -0.340. The van der Waals surface area contributed by atoms with E-state index >= 15 is 0 Å². The third kappa shape index (κ3) is 11.0. The number of nitrogens with zero attached hydrogens (tertiary/aromatic N) is 1. The first kappa shape index (κ1) is 14.1. The Bertz CT molecular complexity index is 205. The molecule has 0 rings (SSSR count). The zero-order chi connectivity index (χ0) is 11.7. The highest BCUT2D eigenvalue weighted by Gasteiger charge is 2.05. The van der Waals surface area contributed by atoms with Crippen molar-refractivity contribution >= 4 is 11.8 Å². The molecule has 0 saturated heterocycles. The maximum Gasteiger partial charge on any atom is 0.313 e. The third-order valence-corrected chi connectivity index (χ3v) is 1.67. The van der Waals surface area contributed by atoms with Crippen LogP contribution in [0.2, 0.25) is 0 Å². The highest BCUT2D eigenvalue weighted by molar-refractivity contribution is 5.94. The number of carbonyl (C=O) groups excluding carboxylic acids is 2. The van der Waals surface area contributed by atoms with Crippen LogP contribution in [0, 0.1) is 0 Å². The van der Waals surface area contributed by atoms with Crippen molar-refractivity contribution in [3.8, 4) is 0 Å². The highest BCUT2D eigenvalue weighted by atomic mass is 16.5. The molecule has 0 bridgehead atoms. The number of esters is 1. The Balaban J connectivity index is 3.24. The Morgan fingerprint density at radius 2 is 1.93 bits per heavy atom. The molecule has 0 aromatic heterocycles. The SMILES string of the molecule is CC(=O)CC(=O)OCCNCCN(C)C. The molecule has 5 nitrogen and oxygen atoms in total. The monoisotopic (exact) mass is 216 g/mol. The second-order valence-electron chi connectivity index (χ2n) is 3.65. The van der Waals surface area contributed by atoms with Crippen molar-refractivity contribution in [2.75, 3.05) is 40.3 Å². The molecule has 0 saturated carbocycles. The third-order valence-electron chi connectivity index (χ3n) is 1.67. The normalized spacial score (nSPS) is 10.4. The van der Waals surface area contributed by atoms with E-state index in [1.165, 1.54) is 6.92 Å². The molecule has 0 atom stereocenters. The van der Waals surface area contributed by atoms with Crippen LogP contribution < -0.4 is 5.32 Å². The molecule has 15 heavy (non-hydrogen) atoms. The van der Waals surface area contributed by atoms with Gasteiger partial charge >= 0.3 is 5.97 Å². The topological polar surface area (TPSA) is 58.6 Å². The number of carbonyl (C=O) groups is 2. The number of hydrogen-bond donors (Lipinski definition) is 1. The van der Waals surface area contributed by atoms with Gasteiger partial charge in [-0.1, -0.05) is 0 Å². The number of ketones is 1. The Morgan fingerprint density at radius 3 is 2.47 bits per heavy atom. The first-order chi connectivity index (χ1) is 7.02. The second-order valence-corrected chi connectivity index (χ2v) is 3.65. The van der Waals surface area contributed by atoms with Gasteiger partial charge in [0.15, 0.2) is 0 Å². The Labute approximate surface area is 90.8 Å². The lowest BCUT2D eigenvalue weighted by Gasteiger charge is -2.10. The maximum atomic E-state index is 10.9. The van der Waals surface area contributed by atoms with Gasteiger partial charge in [-0.05, 0) is 21.0 Å². The molecular formula is C10H20N2O3. The van der Waals surface area contributed by atoms with E-state index in [2.05, 4.69) is 10.2 Å². The van der Waals surface area contributed by atoms with E-state index in [0.29, 0.717) is 13.2 Å². The first-order valence-corrected chi connectivity index (χ1v) is 5.03. The zero-order valence-electron chi connectivity index (χ0n) is 9.71. The Hall–Kier alpha value is -0.940. The van der Waals surface area contributed by atoms with E-state index < -0.39 is 5.97 Å². The second kappa shape index (κ2) is 8.38. The van der Waals surface area contributed by atoms with Gasteiger partial charge in [-0.2, -0.15) is 0 Å². The molecule has 1 N–H and O–H groups in total. The molecule has 0 aromatic carbocycles. The summed E-state index contributed by atoms with van der Waals surface area (Å²) in [7, 11) is 3.99. The van der Waals surface area contributed by atoms with Crippen LogP contribution in [0.15, 0.2) is 0 Å². The van der Waals surface area contributed by atoms with Crippen molar-refractivity contribution in [3.63, 3.8) is 0 Å². The van der Waals surface area contributed by atoms with Crippen LogP contribution in [0.3, 0.4) is 0 Å². The van der Waals surface area contributed by atoms with E-state index in [0.717, 1.165) is 13.1 Å². The molecule has 0 amide bonds. The fourth-order valence-corrected chi connectivity index (χ4v) is 0.919. The van der Waals surface area contributed by atoms with E-state index in [-0.39, 0.29) is 12.2 Å². The van der Waals surface area contributed by atoms with Crippen LogP contribution in [0.25, 0.3) is 0 Å². The number of nitrogens with one attached hydrogen (secondary N) is 1. The quantitative estimate of drug-likeness (QED) is 0.342. The largest absolute Gasteiger partial charge is 0.464 e. The molecule has 0 radical (unpaired) electrons. The number of hydrogen-bond acceptors (Lipinski definition) is 5. The number of rotatable bonds is 8. The standard InChI is InChI=1S/C10H20N2O3/c1-9(13)8-10(14)15-7-5-11-4-6-12(2)3/h11H,4-8H2,1-3H3. The van der Waals surface area contributed by atoms with Crippen molar-refractivity contribution in [1.82, 2.24) is 10.2 Å². The van der Waals surface area contributed by atoms with E-state index in [1.54, 1.807) is 0 Å². The molecular weight excluding hydrogens is 196 g/mol. The summed E-state index contributed by atoms with van der Waals surface area (Å²) in [5.41, 5.74) is 0. The lowest BCUT2D eigenvalue weighted by molar-refractivity contribution is -0.145. The lowest BCUT2D eigenvalue weighted by atomic mass is 10.3. The smallest absolute Gasteiger partial charge is 0.313 e. The molecule has 0 unspecified atom stereocenters. The van der Waals surface area contributed by atoms with Crippen molar-refractivity contribution in [2.24, 2.45) is 0 Å². The van der Waals surface area contributed by atoms with Gasteiger partial charge in [0.25, 0.3) is 0 Å². The summed E-state index contributed by atoms with van der Waals surface area (Å²) in [6.07, 6.45) is -0.127. The molecule has 0 aliphatic rings. The summed E-state index contributed by atoms with van der Waals surface area (Å²) in [5.74, 6) is -0.613. The van der Waals surface area contributed by atoms with Gasteiger partial charge in [-0.25, -0.2) is 0 Å². The van der Waals surface area contributed by atoms with Gasteiger partial charge in [-0.3, -0.25) is 9.59 Å². The van der Waals surface area contributed by atoms with Crippen molar-refractivity contribution in [2.45, 2.75) is 13.3 Å². The molecule has 0 fully saturated rings. The summed E-state index contributed by atoms with van der Waals surface area (Å²) < 4.78 is 4.82. The van der Waals surface area contributed by atoms with Crippen LogP contribution >= 0.6 is 0 Å². The van der Waals surface area contributed by atoms with Gasteiger partial charge in [0.05, 0.1) is 0 Å². The van der Waals surface area contributed by atoms with Crippen molar-refractivity contribution in [1.29, 1.82) is 0 Å². The zero-order valence-corrected chi connectivity index (χ0v) is 9.71. The van der Waals surface area contributed by atoms with Crippen molar-refractivity contribution in [3.05, 3.63) is 0 Å². The first-order valence-electron chi connectivity index (χ1n) is 5.03.